The molecule has 4 rings (SSSR count). The number of carbonyl (C=O) groups excluding carboxylic acids is 1. The quantitative estimate of drug-likeness (QED) is 0.154. The number of hydrogen-bond acceptors (Lipinski definition) is 5. The SMILES string of the molecule is CCCc1nc(C(C)(C)O)c(C(=O)N[C@@H](CS)Cc2ccccc2)n1Cc1ccc(-c2ccccc2C(=O)O)cc1F. The number of nitrogens with zero attached hydrogens (tertiary/aromatic N) is 2. The Morgan fingerprint density at radius 3 is 2.38 bits per heavy atom. The van der Waals surface area contributed by atoms with Crippen molar-refractivity contribution in [2.24, 2.45) is 0 Å². The molecule has 4 aromatic rings. The van der Waals surface area contributed by atoms with E-state index in [0.717, 1.165) is 12.0 Å². The van der Waals surface area contributed by atoms with E-state index in [9.17, 15) is 19.8 Å². The standard InChI is InChI=1S/C33H36FN3O4S/c1-4-10-28-36-30(33(2,3)41)29(31(38)35-24(20-42)17-21-11-6-5-7-12-21)37(28)19-23-16-15-22(18-27(23)34)25-13-8-9-14-26(25)32(39)40/h5-9,11-16,18,24,41-42H,4,10,17,19-20H2,1-3H3,(H,35,38)(H,39,40)/t24-/m1/s1. The van der Waals surface area contributed by atoms with Crippen LogP contribution in [0.1, 0.15) is 70.7 Å². The molecule has 0 spiro atoms. The minimum atomic E-state index is -1.43. The van der Waals surface area contributed by atoms with Crippen LogP contribution >= 0.6 is 12.6 Å². The molecule has 0 fully saturated rings. The Hall–Kier alpha value is -3.95. The van der Waals surface area contributed by atoms with Gasteiger partial charge in [-0.05, 0) is 55.5 Å². The number of aryl methyl sites for hydroxylation is 1. The Labute approximate surface area is 250 Å². The molecule has 1 amide bonds. The summed E-state index contributed by atoms with van der Waals surface area (Å²) >= 11 is 4.46. The predicted octanol–water partition coefficient (Wildman–Crippen LogP) is 5.89. The van der Waals surface area contributed by atoms with Gasteiger partial charge in [0.15, 0.2) is 0 Å². The first-order valence-electron chi connectivity index (χ1n) is 13.9. The normalized spacial score (nSPS) is 12.2. The maximum absolute atomic E-state index is 15.6. The number of carboxylic acid groups (broad SMARTS) is 1. The van der Waals surface area contributed by atoms with Crippen molar-refractivity contribution in [1.29, 1.82) is 0 Å². The van der Waals surface area contributed by atoms with Crippen LogP contribution in [0.25, 0.3) is 11.1 Å². The van der Waals surface area contributed by atoms with Gasteiger partial charge in [0.25, 0.3) is 5.91 Å². The van der Waals surface area contributed by atoms with Crippen LogP contribution in [-0.4, -0.2) is 43.4 Å². The second-order valence-electron chi connectivity index (χ2n) is 10.8. The Bertz CT molecular complexity index is 1560. The third-order valence-corrected chi connectivity index (χ3v) is 7.49. The summed E-state index contributed by atoms with van der Waals surface area (Å²) in [5.74, 6) is -1.12. The van der Waals surface area contributed by atoms with Crippen LogP contribution in [0.4, 0.5) is 4.39 Å². The van der Waals surface area contributed by atoms with Gasteiger partial charge < -0.3 is 20.1 Å². The number of aliphatic hydroxyl groups is 1. The van der Waals surface area contributed by atoms with E-state index in [1.54, 1.807) is 48.7 Å². The van der Waals surface area contributed by atoms with Gasteiger partial charge in [0.05, 0.1) is 12.1 Å². The van der Waals surface area contributed by atoms with Crippen LogP contribution < -0.4 is 5.32 Å². The number of benzene rings is 3. The Morgan fingerprint density at radius 2 is 1.76 bits per heavy atom. The first-order valence-corrected chi connectivity index (χ1v) is 14.6. The molecule has 0 bridgehead atoms. The van der Waals surface area contributed by atoms with Gasteiger partial charge in [-0.1, -0.05) is 67.6 Å². The van der Waals surface area contributed by atoms with Crippen molar-refractivity contribution in [3.05, 3.63) is 113 Å². The number of halogens is 1. The number of aromatic carboxylic acids is 1. The van der Waals surface area contributed by atoms with E-state index in [0.29, 0.717) is 41.1 Å². The minimum Gasteiger partial charge on any atom is -0.478 e. The summed E-state index contributed by atoms with van der Waals surface area (Å²) in [5.41, 5.74) is 1.22. The van der Waals surface area contributed by atoms with Gasteiger partial charge in [0, 0.05) is 23.8 Å². The maximum atomic E-state index is 15.6. The summed E-state index contributed by atoms with van der Waals surface area (Å²) in [5, 5.41) is 23.6. The number of carboxylic acids is 1. The largest absolute Gasteiger partial charge is 0.478 e. The van der Waals surface area contributed by atoms with Crippen LogP contribution in [0.3, 0.4) is 0 Å². The third kappa shape index (κ3) is 7.09. The van der Waals surface area contributed by atoms with E-state index >= 15 is 4.39 Å². The highest BCUT2D eigenvalue weighted by Crippen LogP contribution is 2.29. The van der Waals surface area contributed by atoms with Crippen molar-refractivity contribution < 1.29 is 24.2 Å². The molecule has 0 aliphatic carbocycles. The molecule has 0 radical (unpaired) electrons. The average molecular weight is 590 g/mol. The summed E-state index contributed by atoms with van der Waals surface area (Å²) in [7, 11) is 0. The van der Waals surface area contributed by atoms with Gasteiger partial charge in [0.2, 0.25) is 0 Å². The molecule has 220 valence electrons. The maximum Gasteiger partial charge on any atom is 0.336 e. The second-order valence-corrected chi connectivity index (χ2v) is 11.2. The number of rotatable bonds is 12. The number of hydrogen-bond donors (Lipinski definition) is 4. The van der Waals surface area contributed by atoms with Crippen molar-refractivity contribution in [2.45, 2.75) is 58.2 Å². The monoisotopic (exact) mass is 589 g/mol. The third-order valence-electron chi connectivity index (χ3n) is 7.05. The molecule has 1 heterocycles. The minimum absolute atomic E-state index is 0.00190. The molecule has 42 heavy (non-hydrogen) atoms. The van der Waals surface area contributed by atoms with E-state index in [4.69, 9.17) is 0 Å². The number of thiol groups is 1. The summed E-state index contributed by atoms with van der Waals surface area (Å²) in [6.45, 7) is 5.12. The van der Waals surface area contributed by atoms with Crippen molar-refractivity contribution in [3.63, 3.8) is 0 Å². The van der Waals surface area contributed by atoms with Crippen molar-refractivity contribution in [2.75, 3.05) is 5.75 Å². The van der Waals surface area contributed by atoms with Crippen molar-refractivity contribution in [3.8, 4) is 11.1 Å². The Morgan fingerprint density at radius 1 is 1.07 bits per heavy atom. The molecular weight excluding hydrogens is 553 g/mol. The van der Waals surface area contributed by atoms with E-state index < -0.39 is 23.3 Å². The highest BCUT2D eigenvalue weighted by molar-refractivity contribution is 7.80. The van der Waals surface area contributed by atoms with Gasteiger partial charge >= 0.3 is 5.97 Å². The fourth-order valence-corrected chi connectivity index (χ4v) is 5.21. The fraction of sp³-hybridized carbons (Fsp3) is 0.303. The lowest BCUT2D eigenvalue weighted by molar-refractivity contribution is 0.0695. The van der Waals surface area contributed by atoms with Crippen LogP contribution in [0, 0.1) is 5.82 Å². The molecular formula is C33H36FN3O4S. The zero-order valence-corrected chi connectivity index (χ0v) is 24.9. The average Bonchev–Trinajstić information content (AvgIpc) is 3.33. The Kier molecular flexibility index (Phi) is 9.85. The summed E-state index contributed by atoms with van der Waals surface area (Å²) in [6, 6.07) is 20.5. The molecule has 1 atom stereocenters. The summed E-state index contributed by atoms with van der Waals surface area (Å²) in [4.78, 5) is 30.2. The molecule has 0 aliphatic rings. The van der Waals surface area contributed by atoms with E-state index in [-0.39, 0.29) is 29.5 Å². The van der Waals surface area contributed by atoms with E-state index in [1.165, 1.54) is 12.1 Å². The van der Waals surface area contributed by atoms with Gasteiger partial charge in [-0.25, -0.2) is 14.2 Å². The molecule has 3 aromatic carbocycles. The zero-order chi connectivity index (χ0) is 30.4. The van der Waals surface area contributed by atoms with Crippen molar-refractivity contribution >= 4 is 24.5 Å². The lowest BCUT2D eigenvalue weighted by atomic mass is 9.98. The number of carbonyl (C=O) groups is 2. The van der Waals surface area contributed by atoms with Gasteiger partial charge in [0.1, 0.15) is 28.6 Å². The highest BCUT2D eigenvalue weighted by Gasteiger charge is 2.32. The first kappa shape index (κ1) is 31.0. The van der Waals surface area contributed by atoms with Crippen LogP contribution in [-0.2, 0) is 25.0 Å². The molecule has 7 nitrogen and oxygen atoms in total. The van der Waals surface area contributed by atoms with Crippen LogP contribution in [0.15, 0.2) is 72.8 Å². The second kappa shape index (κ2) is 13.4. The number of nitrogens with one attached hydrogen (secondary N) is 1. The molecule has 0 unspecified atom stereocenters. The van der Waals surface area contributed by atoms with Crippen LogP contribution in [0.2, 0.25) is 0 Å². The topological polar surface area (TPSA) is 104 Å². The number of aromatic nitrogens is 2. The lowest BCUT2D eigenvalue weighted by Gasteiger charge is -2.21. The van der Waals surface area contributed by atoms with Gasteiger partial charge in [-0.15, -0.1) is 0 Å². The van der Waals surface area contributed by atoms with Gasteiger partial charge in [-0.2, -0.15) is 12.6 Å². The van der Waals surface area contributed by atoms with Gasteiger partial charge in [-0.3, -0.25) is 4.79 Å². The van der Waals surface area contributed by atoms with Crippen LogP contribution in [0.5, 0.6) is 0 Å². The summed E-state index contributed by atoms with van der Waals surface area (Å²) in [6.07, 6.45) is 1.81. The fourth-order valence-electron chi connectivity index (χ4n) is 4.99. The molecule has 0 saturated heterocycles. The first-order chi connectivity index (χ1) is 20.0. The molecule has 9 heteroatoms. The summed E-state index contributed by atoms with van der Waals surface area (Å²) < 4.78 is 17.3. The van der Waals surface area contributed by atoms with E-state index in [1.807, 2.05) is 37.3 Å². The molecule has 0 aliphatic heterocycles. The van der Waals surface area contributed by atoms with Crippen molar-refractivity contribution in [1.82, 2.24) is 14.9 Å². The molecule has 0 saturated carbocycles. The number of imidazole rings is 1. The van der Waals surface area contributed by atoms with E-state index in [2.05, 4.69) is 22.9 Å². The number of amides is 1. The highest BCUT2D eigenvalue weighted by atomic mass is 32.1. The predicted molar refractivity (Wildman–Crippen MR) is 165 cm³/mol. The zero-order valence-electron chi connectivity index (χ0n) is 24.0. The smallest absolute Gasteiger partial charge is 0.336 e. The lowest BCUT2D eigenvalue weighted by Crippen LogP contribution is -2.40. The molecule has 1 aromatic heterocycles. The Balaban J connectivity index is 1.73. The molecule has 3 N–H and O–H groups in total.